The molecule has 1 unspecified atom stereocenters. The topological polar surface area (TPSA) is 30.9 Å². The van der Waals surface area contributed by atoms with Gasteiger partial charge in [-0.3, -0.25) is 0 Å². The molecule has 0 amide bonds. The first-order chi connectivity index (χ1) is 10.2. The number of aromatic nitrogens is 1. The Labute approximate surface area is 130 Å². The van der Waals surface area contributed by atoms with Crippen LogP contribution in [0.5, 0.6) is 0 Å². The van der Waals surface area contributed by atoms with Gasteiger partial charge in [-0.25, -0.2) is 0 Å². The van der Waals surface area contributed by atoms with Gasteiger partial charge in [0.15, 0.2) is 0 Å². The second kappa shape index (κ2) is 6.04. The summed E-state index contributed by atoms with van der Waals surface area (Å²) in [5.74, 6) is 0. The van der Waals surface area contributed by atoms with Crippen LogP contribution in [0.1, 0.15) is 29.2 Å². The van der Waals surface area contributed by atoms with Gasteiger partial charge in [0, 0.05) is 27.5 Å². The van der Waals surface area contributed by atoms with E-state index >= 15 is 0 Å². The van der Waals surface area contributed by atoms with Crippen molar-refractivity contribution in [1.29, 1.82) is 0 Å². The van der Waals surface area contributed by atoms with Gasteiger partial charge in [-0.2, -0.15) is 0 Å². The highest BCUT2D eigenvalue weighted by Gasteiger charge is 2.06. The highest BCUT2D eigenvalue weighted by molar-refractivity contribution is 7.11. The fraction of sp³-hybridized carbons (Fsp3) is 0.333. The average molecular weight is 298 g/mol. The summed E-state index contributed by atoms with van der Waals surface area (Å²) < 4.78 is 2.34. The van der Waals surface area contributed by atoms with Crippen LogP contribution in [-0.4, -0.2) is 10.6 Å². The summed E-state index contributed by atoms with van der Waals surface area (Å²) in [6, 6.07) is 13.6. The number of fused-ring (bicyclic) bond motifs is 1. The van der Waals surface area contributed by atoms with E-state index in [0.29, 0.717) is 0 Å². The predicted octanol–water partition coefficient (Wildman–Crippen LogP) is 4.20. The van der Waals surface area contributed by atoms with Crippen molar-refractivity contribution in [3.63, 3.8) is 0 Å². The van der Waals surface area contributed by atoms with E-state index in [0.717, 1.165) is 19.4 Å². The van der Waals surface area contributed by atoms with Gasteiger partial charge in [-0.15, -0.1) is 11.3 Å². The summed E-state index contributed by atoms with van der Waals surface area (Å²) in [6.45, 7) is 5.22. The maximum Gasteiger partial charge on any atom is 0.0569 e. The highest BCUT2D eigenvalue weighted by atomic mass is 32.1. The standard InChI is InChI=1S/C18H22N2S/c1-3-16-6-7-17(21-16)12-20-9-8-15-5-4-14(10-13(2)19)11-18(15)20/h4-9,11,13H,3,10,12,19H2,1-2H3. The molecule has 2 N–H and O–H groups in total. The fourth-order valence-electron chi connectivity index (χ4n) is 2.73. The second-order valence-corrected chi connectivity index (χ2v) is 6.99. The molecule has 0 saturated heterocycles. The maximum absolute atomic E-state index is 5.92. The molecule has 21 heavy (non-hydrogen) atoms. The van der Waals surface area contributed by atoms with Gasteiger partial charge in [-0.1, -0.05) is 19.1 Å². The first-order valence-corrected chi connectivity index (χ1v) is 8.38. The molecule has 0 aliphatic rings. The van der Waals surface area contributed by atoms with Crippen molar-refractivity contribution < 1.29 is 0 Å². The van der Waals surface area contributed by atoms with Crippen LogP contribution in [0.2, 0.25) is 0 Å². The molecule has 0 aliphatic heterocycles. The molecule has 0 fully saturated rings. The minimum Gasteiger partial charge on any atom is -0.342 e. The van der Waals surface area contributed by atoms with Gasteiger partial charge in [0.1, 0.15) is 0 Å². The van der Waals surface area contributed by atoms with Crippen molar-refractivity contribution in [3.8, 4) is 0 Å². The van der Waals surface area contributed by atoms with E-state index in [1.807, 2.05) is 11.3 Å². The molecule has 110 valence electrons. The fourth-order valence-corrected chi connectivity index (χ4v) is 3.69. The molecule has 0 radical (unpaired) electrons. The number of nitrogens with two attached hydrogens (primary N) is 1. The van der Waals surface area contributed by atoms with E-state index in [1.54, 1.807) is 0 Å². The van der Waals surface area contributed by atoms with E-state index in [-0.39, 0.29) is 6.04 Å². The smallest absolute Gasteiger partial charge is 0.0569 e. The van der Waals surface area contributed by atoms with Crippen molar-refractivity contribution >= 4 is 22.2 Å². The molecule has 2 nitrogen and oxygen atoms in total. The molecule has 2 heterocycles. The molecule has 0 spiro atoms. The lowest BCUT2D eigenvalue weighted by Gasteiger charge is -2.08. The Morgan fingerprint density at radius 1 is 1.14 bits per heavy atom. The zero-order chi connectivity index (χ0) is 14.8. The average Bonchev–Trinajstić information content (AvgIpc) is 3.06. The van der Waals surface area contributed by atoms with Gasteiger partial charge >= 0.3 is 0 Å². The van der Waals surface area contributed by atoms with Gasteiger partial charge < -0.3 is 10.3 Å². The first kappa shape index (κ1) is 14.4. The summed E-state index contributed by atoms with van der Waals surface area (Å²) in [4.78, 5) is 2.88. The summed E-state index contributed by atoms with van der Waals surface area (Å²) in [6.07, 6.45) is 4.24. The monoisotopic (exact) mass is 298 g/mol. The maximum atomic E-state index is 5.92. The van der Waals surface area contributed by atoms with Crippen LogP contribution >= 0.6 is 11.3 Å². The molecule has 3 heteroatoms. The van der Waals surface area contributed by atoms with Crippen LogP contribution in [0.4, 0.5) is 0 Å². The Hall–Kier alpha value is -1.58. The number of rotatable bonds is 5. The molecule has 0 aliphatic carbocycles. The van der Waals surface area contributed by atoms with Crippen LogP contribution in [0.25, 0.3) is 10.9 Å². The van der Waals surface area contributed by atoms with Crippen LogP contribution in [0.3, 0.4) is 0 Å². The number of benzene rings is 1. The molecule has 0 saturated carbocycles. The number of aryl methyl sites for hydroxylation is 1. The van der Waals surface area contributed by atoms with Gasteiger partial charge in [0.05, 0.1) is 6.54 Å². The lowest BCUT2D eigenvalue weighted by atomic mass is 10.1. The number of thiophene rings is 1. The van der Waals surface area contributed by atoms with Crippen molar-refractivity contribution in [1.82, 2.24) is 4.57 Å². The van der Waals surface area contributed by atoms with Gasteiger partial charge in [-0.05, 0) is 55.0 Å². The zero-order valence-electron chi connectivity index (χ0n) is 12.7. The summed E-state index contributed by atoms with van der Waals surface area (Å²) in [5.41, 5.74) is 8.54. The largest absolute Gasteiger partial charge is 0.342 e. The Morgan fingerprint density at radius 3 is 2.67 bits per heavy atom. The molecule has 1 atom stereocenters. The molecular weight excluding hydrogens is 276 g/mol. The zero-order valence-corrected chi connectivity index (χ0v) is 13.5. The number of nitrogens with zero attached hydrogens (tertiary/aromatic N) is 1. The molecule has 1 aromatic carbocycles. The number of hydrogen-bond acceptors (Lipinski definition) is 2. The predicted molar refractivity (Wildman–Crippen MR) is 92.1 cm³/mol. The Bertz CT molecular complexity index is 737. The van der Waals surface area contributed by atoms with Crippen LogP contribution in [-0.2, 0) is 19.4 Å². The van der Waals surface area contributed by atoms with Gasteiger partial charge in [0.2, 0.25) is 0 Å². The van der Waals surface area contributed by atoms with E-state index < -0.39 is 0 Å². The van der Waals surface area contributed by atoms with Crippen LogP contribution in [0, 0.1) is 0 Å². The molecule has 3 aromatic rings. The second-order valence-electron chi connectivity index (χ2n) is 5.74. The SMILES string of the molecule is CCc1ccc(Cn2ccc3ccc(CC(C)N)cc32)s1. The van der Waals surface area contributed by atoms with Crippen molar-refractivity contribution in [2.45, 2.75) is 39.3 Å². The normalized spacial score (nSPS) is 12.9. The molecule has 2 aromatic heterocycles. The molecule has 3 rings (SSSR count). The van der Waals surface area contributed by atoms with Crippen molar-refractivity contribution in [2.75, 3.05) is 0 Å². The van der Waals surface area contributed by atoms with Crippen molar-refractivity contribution in [2.24, 2.45) is 5.73 Å². The van der Waals surface area contributed by atoms with E-state index in [2.05, 4.69) is 61.0 Å². The third-order valence-electron chi connectivity index (χ3n) is 3.79. The Balaban J connectivity index is 1.90. The third-order valence-corrected chi connectivity index (χ3v) is 5.00. The molecule has 0 bridgehead atoms. The third kappa shape index (κ3) is 3.20. The minimum absolute atomic E-state index is 0.204. The summed E-state index contributed by atoms with van der Waals surface area (Å²) in [5, 5.41) is 1.30. The van der Waals surface area contributed by atoms with E-state index in [9.17, 15) is 0 Å². The minimum atomic E-state index is 0.204. The highest BCUT2D eigenvalue weighted by Crippen LogP contribution is 2.23. The quantitative estimate of drug-likeness (QED) is 0.752. The Morgan fingerprint density at radius 2 is 1.95 bits per heavy atom. The first-order valence-electron chi connectivity index (χ1n) is 7.56. The Kier molecular flexibility index (Phi) is 4.13. The van der Waals surface area contributed by atoms with E-state index in [1.165, 1.54) is 26.2 Å². The number of hydrogen-bond donors (Lipinski definition) is 1. The van der Waals surface area contributed by atoms with Crippen LogP contribution in [0.15, 0.2) is 42.6 Å². The van der Waals surface area contributed by atoms with E-state index in [4.69, 9.17) is 5.73 Å². The van der Waals surface area contributed by atoms with Gasteiger partial charge in [0.25, 0.3) is 0 Å². The summed E-state index contributed by atoms with van der Waals surface area (Å²) >= 11 is 1.91. The van der Waals surface area contributed by atoms with Crippen LogP contribution < -0.4 is 5.73 Å². The molecular formula is C18H22N2S. The van der Waals surface area contributed by atoms with Crippen molar-refractivity contribution in [3.05, 3.63) is 57.9 Å². The lowest BCUT2D eigenvalue weighted by Crippen LogP contribution is -2.17. The summed E-state index contributed by atoms with van der Waals surface area (Å²) in [7, 11) is 0. The lowest BCUT2D eigenvalue weighted by molar-refractivity contribution is 0.738.